The van der Waals surface area contributed by atoms with Crippen molar-refractivity contribution in [2.75, 3.05) is 12.3 Å². The van der Waals surface area contributed by atoms with Gasteiger partial charge in [0.15, 0.2) is 17.7 Å². The Kier molecular flexibility index (Phi) is 6.77. The molecule has 0 unspecified atom stereocenters. The average Bonchev–Trinajstić information content (AvgIpc) is 3.35. The summed E-state index contributed by atoms with van der Waals surface area (Å²) in [6.45, 7) is -0.616. The molecule has 35 heavy (non-hydrogen) atoms. The van der Waals surface area contributed by atoms with E-state index in [0.717, 1.165) is 12.1 Å². The predicted molar refractivity (Wildman–Crippen MR) is 117 cm³/mol. The summed E-state index contributed by atoms with van der Waals surface area (Å²) in [6, 6.07) is 3.36. The van der Waals surface area contributed by atoms with Crippen LogP contribution >= 0.6 is 23.2 Å². The largest absolute Gasteiger partial charge is 0.479 e. The van der Waals surface area contributed by atoms with Crippen LogP contribution < -0.4 is 5.73 Å². The van der Waals surface area contributed by atoms with Crippen molar-refractivity contribution in [3.63, 3.8) is 0 Å². The van der Waals surface area contributed by atoms with Gasteiger partial charge in [-0.2, -0.15) is 9.97 Å². The highest BCUT2D eigenvalue weighted by molar-refractivity contribution is 6.30. The number of hydrogen-bond donors (Lipinski definition) is 3. The standard InChI is InChI=1S/C20H17Cl2F2N5O6/c21-9-2-1-8(11(23)3-9)5-20(17(30)31,18(32)33)34-6-10-4-12(24)16(35-10)29-7-26-13-14(25)27-19(22)28-15(13)29/h1-3,7,10,12,16H,4-6H2,(H,30,31)(H,32,33)(H2,25,27,28)/t10-,12-,16+/m0/s1. The molecule has 1 fully saturated rings. The monoisotopic (exact) mass is 531 g/mol. The number of benzene rings is 1. The predicted octanol–water partition coefficient (Wildman–Crippen LogP) is 2.65. The third-order valence-electron chi connectivity index (χ3n) is 5.49. The van der Waals surface area contributed by atoms with Crippen LogP contribution in [-0.2, 0) is 25.5 Å². The van der Waals surface area contributed by atoms with Crippen LogP contribution in [0.2, 0.25) is 10.3 Å². The fourth-order valence-corrected chi connectivity index (χ4v) is 4.07. The Morgan fingerprint density at radius 3 is 2.66 bits per heavy atom. The maximum absolute atomic E-state index is 14.9. The first-order valence-corrected chi connectivity index (χ1v) is 10.8. The third kappa shape index (κ3) is 4.72. The molecule has 1 saturated heterocycles. The maximum Gasteiger partial charge on any atom is 0.348 e. The van der Waals surface area contributed by atoms with E-state index in [1.807, 2.05) is 0 Å². The molecule has 0 bridgehead atoms. The van der Waals surface area contributed by atoms with Crippen molar-refractivity contribution in [3.8, 4) is 0 Å². The molecule has 3 atom stereocenters. The molecule has 0 radical (unpaired) electrons. The van der Waals surface area contributed by atoms with E-state index >= 15 is 0 Å². The summed E-state index contributed by atoms with van der Waals surface area (Å²) in [4.78, 5) is 35.7. The summed E-state index contributed by atoms with van der Waals surface area (Å²) in [5.41, 5.74) is 2.93. The molecule has 0 amide bonds. The fraction of sp³-hybridized carbons (Fsp3) is 0.350. The second kappa shape index (κ2) is 9.49. The van der Waals surface area contributed by atoms with Gasteiger partial charge in [0.25, 0.3) is 5.60 Å². The van der Waals surface area contributed by atoms with Crippen LogP contribution in [0.4, 0.5) is 14.6 Å². The van der Waals surface area contributed by atoms with Gasteiger partial charge in [0, 0.05) is 17.9 Å². The van der Waals surface area contributed by atoms with Crippen LogP contribution in [0.25, 0.3) is 11.2 Å². The second-order valence-electron chi connectivity index (χ2n) is 7.76. The summed E-state index contributed by atoms with van der Waals surface area (Å²) >= 11 is 11.5. The van der Waals surface area contributed by atoms with Crippen molar-refractivity contribution in [2.24, 2.45) is 0 Å². The van der Waals surface area contributed by atoms with Gasteiger partial charge in [-0.15, -0.1) is 0 Å². The third-order valence-corrected chi connectivity index (χ3v) is 5.89. The van der Waals surface area contributed by atoms with Gasteiger partial charge in [-0.25, -0.2) is 23.4 Å². The molecule has 3 aromatic rings. The van der Waals surface area contributed by atoms with E-state index in [-0.39, 0.29) is 39.3 Å². The van der Waals surface area contributed by atoms with Crippen molar-refractivity contribution < 1.29 is 38.1 Å². The number of aliphatic carboxylic acids is 2. The number of carbonyl (C=O) groups is 2. The van der Waals surface area contributed by atoms with Crippen LogP contribution in [-0.4, -0.2) is 66.2 Å². The lowest BCUT2D eigenvalue weighted by atomic mass is 9.93. The van der Waals surface area contributed by atoms with E-state index in [1.165, 1.54) is 17.0 Å². The molecular weight excluding hydrogens is 515 g/mol. The van der Waals surface area contributed by atoms with Gasteiger partial charge in [0.2, 0.25) is 5.28 Å². The lowest BCUT2D eigenvalue weighted by Crippen LogP contribution is -2.52. The van der Waals surface area contributed by atoms with Gasteiger partial charge in [0.05, 0.1) is 19.0 Å². The Labute approximate surface area is 205 Å². The average molecular weight is 532 g/mol. The summed E-state index contributed by atoms with van der Waals surface area (Å²) in [6.07, 6.45) is -3.80. The van der Waals surface area contributed by atoms with Crippen LogP contribution in [0.5, 0.6) is 0 Å². The minimum atomic E-state index is -2.86. The summed E-state index contributed by atoms with van der Waals surface area (Å²) < 4.78 is 41.3. The minimum absolute atomic E-state index is 0.0193. The number of imidazole rings is 1. The van der Waals surface area contributed by atoms with Crippen molar-refractivity contribution in [2.45, 2.75) is 36.9 Å². The van der Waals surface area contributed by atoms with Crippen LogP contribution in [0.1, 0.15) is 18.2 Å². The lowest BCUT2D eigenvalue weighted by molar-refractivity contribution is -0.188. The lowest BCUT2D eigenvalue weighted by Gasteiger charge is -2.27. The molecule has 1 aromatic carbocycles. The van der Waals surface area contributed by atoms with Crippen LogP contribution in [0.3, 0.4) is 0 Å². The smallest absolute Gasteiger partial charge is 0.348 e. The molecule has 4 rings (SSSR count). The van der Waals surface area contributed by atoms with Crippen molar-refractivity contribution in [3.05, 3.63) is 46.2 Å². The number of aromatic nitrogens is 4. The number of carboxylic acid groups (broad SMARTS) is 2. The van der Waals surface area contributed by atoms with E-state index in [9.17, 15) is 28.6 Å². The number of nitrogen functional groups attached to an aromatic ring is 1. The van der Waals surface area contributed by atoms with Crippen molar-refractivity contribution >= 4 is 52.1 Å². The Morgan fingerprint density at radius 2 is 2.00 bits per heavy atom. The highest BCUT2D eigenvalue weighted by Gasteiger charge is 2.50. The highest BCUT2D eigenvalue weighted by Crippen LogP contribution is 2.35. The Morgan fingerprint density at radius 1 is 1.29 bits per heavy atom. The number of nitrogens with two attached hydrogens (primary N) is 1. The van der Waals surface area contributed by atoms with E-state index in [4.69, 9.17) is 38.4 Å². The molecule has 0 spiro atoms. The van der Waals surface area contributed by atoms with Crippen LogP contribution in [0.15, 0.2) is 24.5 Å². The van der Waals surface area contributed by atoms with E-state index < -0.39 is 54.9 Å². The molecule has 0 aliphatic carbocycles. The van der Waals surface area contributed by atoms with Gasteiger partial charge in [-0.1, -0.05) is 17.7 Å². The first-order valence-electron chi connectivity index (χ1n) is 10.0. The SMILES string of the molecule is Nc1nc(Cl)nc2c1ncn2[C@@H]1O[C@H](COC(Cc2ccc(Cl)cc2F)(C(=O)O)C(=O)O)C[C@@H]1F. The molecule has 3 heterocycles. The molecule has 1 aliphatic heterocycles. The first kappa shape index (κ1) is 25.0. The Balaban J connectivity index is 1.54. The first-order chi connectivity index (χ1) is 16.5. The fourth-order valence-electron chi connectivity index (χ4n) is 3.74. The molecule has 11 nitrogen and oxygen atoms in total. The zero-order valence-corrected chi connectivity index (χ0v) is 19.1. The maximum atomic E-state index is 14.9. The topological polar surface area (TPSA) is 163 Å². The summed E-state index contributed by atoms with van der Waals surface area (Å²) in [7, 11) is 0. The van der Waals surface area contributed by atoms with Crippen molar-refractivity contribution in [1.29, 1.82) is 0 Å². The van der Waals surface area contributed by atoms with Gasteiger partial charge in [-0.3, -0.25) is 4.57 Å². The number of nitrogens with zero attached hydrogens (tertiary/aromatic N) is 4. The quantitative estimate of drug-likeness (QED) is 0.290. The number of ether oxygens (including phenoxy) is 2. The normalized spacial score (nSPS) is 20.4. The molecule has 1 aliphatic rings. The second-order valence-corrected chi connectivity index (χ2v) is 8.54. The van der Waals surface area contributed by atoms with E-state index in [1.54, 1.807) is 0 Å². The number of hydrogen-bond acceptors (Lipinski definition) is 8. The van der Waals surface area contributed by atoms with E-state index in [0.29, 0.717) is 0 Å². The highest BCUT2D eigenvalue weighted by atomic mass is 35.5. The number of carboxylic acids is 2. The van der Waals surface area contributed by atoms with E-state index in [2.05, 4.69) is 15.0 Å². The van der Waals surface area contributed by atoms with Gasteiger partial charge < -0.3 is 25.4 Å². The van der Waals surface area contributed by atoms with Gasteiger partial charge in [-0.05, 0) is 29.3 Å². The summed E-state index contributed by atoms with van der Waals surface area (Å²) in [5, 5.41) is 19.2. The zero-order chi connectivity index (χ0) is 25.5. The molecule has 4 N–H and O–H groups in total. The Hall–Kier alpha value is -3.13. The van der Waals surface area contributed by atoms with Crippen LogP contribution in [0, 0.1) is 5.82 Å². The molecule has 15 heteroatoms. The van der Waals surface area contributed by atoms with Gasteiger partial charge in [0.1, 0.15) is 17.5 Å². The molecule has 0 saturated carbocycles. The minimum Gasteiger partial charge on any atom is -0.479 e. The Bertz CT molecular complexity index is 1290. The number of anilines is 1. The molecule has 186 valence electrons. The summed E-state index contributed by atoms with van der Waals surface area (Å²) in [5.74, 6) is -4.66. The number of halogens is 4. The zero-order valence-electron chi connectivity index (χ0n) is 17.6. The van der Waals surface area contributed by atoms with Crippen molar-refractivity contribution in [1.82, 2.24) is 19.5 Å². The number of fused-ring (bicyclic) bond motifs is 1. The number of rotatable bonds is 8. The van der Waals surface area contributed by atoms with Gasteiger partial charge >= 0.3 is 11.9 Å². The molecule has 2 aromatic heterocycles. The molecular formula is C20H17Cl2F2N5O6. The number of alkyl halides is 1.